The van der Waals surface area contributed by atoms with Crippen molar-refractivity contribution in [3.8, 4) is 5.75 Å². The van der Waals surface area contributed by atoms with Gasteiger partial charge in [-0.3, -0.25) is 4.79 Å². The minimum atomic E-state index is -0.554. The van der Waals surface area contributed by atoms with Gasteiger partial charge in [0.1, 0.15) is 5.75 Å². The lowest BCUT2D eigenvalue weighted by Crippen LogP contribution is -2.32. The Morgan fingerprint density at radius 2 is 1.84 bits per heavy atom. The van der Waals surface area contributed by atoms with Crippen LogP contribution in [0, 0.1) is 0 Å². The molecule has 3 N–H and O–H groups in total. The summed E-state index contributed by atoms with van der Waals surface area (Å²) in [4.78, 5) is 11.1. The number of amides is 1. The Morgan fingerprint density at radius 3 is 2.26 bits per heavy atom. The molecule has 0 fully saturated rings. The van der Waals surface area contributed by atoms with Gasteiger partial charge in [0, 0.05) is 6.04 Å². The largest absolute Gasteiger partial charge is 0.481 e. The van der Waals surface area contributed by atoms with Crippen molar-refractivity contribution < 1.29 is 9.53 Å². The van der Waals surface area contributed by atoms with Gasteiger partial charge < -0.3 is 15.8 Å². The molecule has 2 unspecified atom stereocenters. The van der Waals surface area contributed by atoms with Gasteiger partial charge in [-0.2, -0.15) is 0 Å². The average Bonchev–Trinajstić information content (AvgIpc) is 2.42. The number of benzene rings is 1. The first-order chi connectivity index (χ1) is 9.12. The van der Waals surface area contributed by atoms with E-state index in [2.05, 4.69) is 19.2 Å². The molecule has 0 bridgehead atoms. The van der Waals surface area contributed by atoms with Crippen molar-refractivity contribution >= 4 is 5.91 Å². The molecule has 2 atom stereocenters. The number of hydrogen-bond acceptors (Lipinski definition) is 3. The van der Waals surface area contributed by atoms with Crippen LogP contribution in [0.25, 0.3) is 0 Å². The zero-order valence-electron chi connectivity index (χ0n) is 12.0. The van der Waals surface area contributed by atoms with Crippen LogP contribution in [0.5, 0.6) is 5.75 Å². The van der Waals surface area contributed by atoms with Crippen LogP contribution in [0.1, 0.15) is 45.2 Å². The molecule has 0 aliphatic rings. The lowest BCUT2D eigenvalue weighted by Gasteiger charge is -2.18. The number of carbonyl (C=O) groups is 1. The third-order valence-corrected chi connectivity index (χ3v) is 3.11. The van der Waals surface area contributed by atoms with Gasteiger partial charge in [0.15, 0.2) is 6.10 Å². The Labute approximate surface area is 115 Å². The summed E-state index contributed by atoms with van der Waals surface area (Å²) < 4.78 is 5.56. The molecule has 4 heteroatoms. The van der Waals surface area contributed by atoms with Crippen LogP contribution in [-0.2, 0) is 4.79 Å². The van der Waals surface area contributed by atoms with Crippen molar-refractivity contribution in [2.75, 3.05) is 6.54 Å². The van der Waals surface area contributed by atoms with E-state index in [4.69, 9.17) is 10.5 Å². The molecule has 0 aliphatic carbocycles. The molecule has 4 nitrogen and oxygen atoms in total. The summed E-state index contributed by atoms with van der Waals surface area (Å²) in [5, 5.41) is 3.42. The molecular weight excluding hydrogens is 240 g/mol. The first-order valence-corrected chi connectivity index (χ1v) is 6.91. The minimum Gasteiger partial charge on any atom is -0.481 e. The van der Waals surface area contributed by atoms with E-state index in [1.54, 1.807) is 0 Å². The van der Waals surface area contributed by atoms with Crippen molar-refractivity contribution in [1.29, 1.82) is 0 Å². The molecule has 0 heterocycles. The number of rotatable bonds is 8. The molecular formula is C15H24N2O2. The standard InChI is InChI=1S/C15H24N2O2/c1-4-13(17-6-3)11-7-9-12(10-8-11)19-14(5-2)15(16)18/h7-10,13-14,17H,4-6H2,1-3H3,(H2,16,18). The molecule has 1 rings (SSSR count). The van der Waals surface area contributed by atoms with Crippen LogP contribution in [0.2, 0.25) is 0 Å². The fraction of sp³-hybridized carbons (Fsp3) is 0.533. The van der Waals surface area contributed by atoms with Gasteiger partial charge in [-0.1, -0.05) is 32.9 Å². The maximum absolute atomic E-state index is 11.1. The summed E-state index contributed by atoms with van der Waals surface area (Å²) in [5.74, 6) is 0.256. The van der Waals surface area contributed by atoms with E-state index in [9.17, 15) is 4.79 Å². The van der Waals surface area contributed by atoms with Gasteiger partial charge in [-0.15, -0.1) is 0 Å². The Balaban J connectivity index is 2.72. The van der Waals surface area contributed by atoms with E-state index < -0.39 is 12.0 Å². The molecule has 0 radical (unpaired) electrons. The fourth-order valence-corrected chi connectivity index (χ4v) is 2.03. The lowest BCUT2D eigenvalue weighted by atomic mass is 10.0. The van der Waals surface area contributed by atoms with Crippen molar-refractivity contribution in [3.63, 3.8) is 0 Å². The monoisotopic (exact) mass is 264 g/mol. The highest BCUT2D eigenvalue weighted by Crippen LogP contribution is 2.21. The summed E-state index contributed by atoms with van der Waals surface area (Å²) >= 11 is 0. The Hall–Kier alpha value is -1.55. The van der Waals surface area contributed by atoms with Gasteiger partial charge in [-0.05, 0) is 37.1 Å². The second-order valence-corrected chi connectivity index (χ2v) is 4.50. The van der Waals surface area contributed by atoms with E-state index in [-0.39, 0.29) is 0 Å². The average molecular weight is 264 g/mol. The van der Waals surface area contributed by atoms with Gasteiger partial charge >= 0.3 is 0 Å². The third kappa shape index (κ3) is 4.56. The number of carbonyl (C=O) groups excluding carboxylic acids is 1. The summed E-state index contributed by atoms with van der Waals surface area (Å²) in [6, 6.07) is 8.19. The summed E-state index contributed by atoms with van der Waals surface area (Å²) in [5.41, 5.74) is 6.49. The normalized spacial score (nSPS) is 13.8. The van der Waals surface area contributed by atoms with Crippen molar-refractivity contribution in [1.82, 2.24) is 5.32 Å². The van der Waals surface area contributed by atoms with Crippen molar-refractivity contribution in [2.24, 2.45) is 5.73 Å². The summed E-state index contributed by atoms with van der Waals surface area (Å²) in [7, 11) is 0. The van der Waals surface area contributed by atoms with Crippen LogP contribution < -0.4 is 15.8 Å². The molecule has 0 spiro atoms. The molecule has 1 aromatic rings. The molecule has 0 aromatic heterocycles. The first kappa shape index (κ1) is 15.5. The molecule has 1 aromatic carbocycles. The topological polar surface area (TPSA) is 64.3 Å². The third-order valence-electron chi connectivity index (χ3n) is 3.11. The Kier molecular flexibility index (Phi) is 6.36. The van der Waals surface area contributed by atoms with Gasteiger partial charge in [-0.25, -0.2) is 0 Å². The molecule has 0 saturated carbocycles. The van der Waals surface area contributed by atoms with Crippen LogP contribution in [-0.4, -0.2) is 18.6 Å². The van der Waals surface area contributed by atoms with Gasteiger partial charge in [0.2, 0.25) is 0 Å². The maximum Gasteiger partial charge on any atom is 0.258 e. The second-order valence-electron chi connectivity index (χ2n) is 4.50. The number of hydrogen-bond donors (Lipinski definition) is 2. The number of nitrogens with two attached hydrogens (primary N) is 1. The van der Waals surface area contributed by atoms with Crippen LogP contribution >= 0.6 is 0 Å². The van der Waals surface area contributed by atoms with Crippen LogP contribution in [0.15, 0.2) is 24.3 Å². The molecule has 0 saturated heterocycles. The summed E-state index contributed by atoms with van der Waals surface area (Å²) in [6.07, 6.45) is 1.06. The highest BCUT2D eigenvalue weighted by molar-refractivity contribution is 5.79. The van der Waals surface area contributed by atoms with E-state index in [1.165, 1.54) is 5.56 Å². The number of ether oxygens (including phenoxy) is 1. The second kappa shape index (κ2) is 7.79. The van der Waals surface area contributed by atoms with Crippen LogP contribution in [0.4, 0.5) is 0 Å². The number of primary amides is 1. The molecule has 1 amide bonds. The highest BCUT2D eigenvalue weighted by atomic mass is 16.5. The van der Waals surface area contributed by atoms with E-state index in [0.717, 1.165) is 13.0 Å². The van der Waals surface area contributed by atoms with E-state index >= 15 is 0 Å². The van der Waals surface area contributed by atoms with E-state index in [0.29, 0.717) is 18.2 Å². The smallest absolute Gasteiger partial charge is 0.258 e. The zero-order valence-corrected chi connectivity index (χ0v) is 12.0. The fourth-order valence-electron chi connectivity index (χ4n) is 2.03. The van der Waals surface area contributed by atoms with Crippen molar-refractivity contribution in [3.05, 3.63) is 29.8 Å². The first-order valence-electron chi connectivity index (χ1n) is 6.91. The Morgan fingerprint density at radius 1 is 1.21 bits per heavy atom. The SMILES string of the molecule is CCNC(CC)c1ccc(OC(CC)C(N)=O)cc1. The molecule has 106 valence electrons. The van der Waals surface area contributed by atoms with Gasteiger partial charge in [0.05, 0.1) is 0 Å². The quantitative estimate of drug-likeness (QED) is 0.757. The number of nitrogens with one attached hydrogen (secondary N) is 1. The zero-order chi connectivity index (χ0) is 14.3. The predicted molar refractivity (Wildman–Crippen MR) is 77.1 cm³/mol. The van der Waals surface area contributed by atoms with E-state index in [1.807, 2.05) is 31.2 Å². The van der Waals surface area contributed by atoms with Crippen LogP contribution in [0.3, 0.4) is 0 Å². The van der Waals surface area contributed by atoms with Crippen molar-refractivity contribution in [2.45, 2.75) is 45.8 Å². The summed E-state index contributed by atoms with van der Waals surface area (Å²) in [6.45, 7) is 7.06. The van der Waals surface area contributed by atoms with Gasteiger partial charge in [0.25, 0.3) is 5.91 Å². The molecule has 0 aliphatic heterocycles. The maximum atomic E-state index is 11.1. The lowest BCUT2D eigenvalue weighted by molar-refractivity contribution is -0.124. The minimum absolute atomic E-state index is 0.358. The Bertz CT molecular complexity index is 390. The molecule has 19 heavy (non-hydrogen) atoms. The highest BCUT2D eigenvalue weighted by Gasteiger charge is 2.14. The predicted octanol–water partition coefficient (Wildman–Crippen LogP) is 2.39.